The number of urea groups is 1. The Bertz CT molecular complexity index is 1050. The minimum atomic E-state index is -4.13. The Balaban J connectivity index is 1.75. The molecule has 0 radical (unpaired) electrons. The van der Waals surface area contributed by atoms with E-state index in [-0.39, 0.29) is 28.2 Å². The summed E-state index contributed by atoms with van der Waals surface area (Å²) in [6.45, 7) is 4.09. The van der Waals surface area contributed by atoms with E-state index in [0.29, 0.717) is 24.5 Å². The highest BCUT2D eigenvalue weighted by atomic mass is 32.2. The summed E-state index contributed by atoms with van der Waals surface area (Å²) in [7, 11) is 0.184. The Labute approximate surface area is 194 Å². The number of unbranched alkanes of at least 4 members (excludes halogenated alkanes) is 2. The lowest BCUT2D eigenvalue weighted by molar-refractivity contribution is 0.219. The van der Waals surface area contributed by atoms with Crippen LogP contribution in [0.3, 0.4) is 0 Å². The van der Waals surface area contributed by atoms with Crippen molar-refractivity contribution in [2.45, 2.75) is 31.1 Å². The lowest BCUT2D eigenvalue weighted by Crippen LogP contribution is -2.32. The van der Waals surface area contributed by atoms with Crippen molar-refractivity contribution in [1.29, 1.82) is 0 Å². The number of amides is 2. The highest BCUT2D eigenvalue weighted by Gasteiger charge is 2.29. The smallest absolute Gasteiger partial charge is 0.339 e. The number of methoxy groups -OCH3 is 3. The molecule has 1 aliphatic heterocycles. The molecule has 9 nitrogen and oxygen atoms in total. The van der Waals surface area contributed by atoms with Crippen molar-refractivity contribution in [3.05, 3.63) is 36.4 Å². The number of nitrogens with zero attached hydrogens (tertiary/aromatic N) is 2. The van der Waals surface area contributed by atoms with Crippen LogP contribution in [0.2, 0.25) is 0 Å². The molecule has 0 unspecified atom stereocenters. The molecule has 33 heavy (non-hydrogen) atoms. The van der Waals surface area contributed by atoms with Gasteiger partial charge in [-0.05, 0) is 30.7 Å². The van der Waals surface area contributed by atoms with Crippen molar-refractivity contribution in [2.24, 2.45) is 0 Å². The molecular formula is C23H30N2O7S. The second-order valence-corrected chi connectivity index (χ2v) is 9.07. The van der Waals surface area contributed by atoms with Gasteiger partial charge in [0.25, 0.3) is 0 Å². The summed E-state index contributed by atoms with van der Waals surface area (Å²) in [4.78, 5) is 16.1. The van der Waals surface area contributed by atoms with Gasteiger partial charge in [-0.25, -0.2) is 4.79 Å². The third kappa shape index (κ3) is 5.44. The Morgan fingerprint density at radius 1 is 0.909 bits per heavy atom. The van der Waals surface area contributed by atoms with E-state index in [0.717, 1.165) is 25.8 Å². The molecule has 0 saturated carbocycles. The Morgan fingerprint density at radius 2 is 1.55 bits per heavy atom. The molecule has 0 atom stereocenters. The number of benzene rings is 2. The fourth-order valence-electron chi connectivity index (χ4n) is 3.66. The first-order chi connectivity index (χ1) is 15.8. The van der Waals surface area contributed by atoms with Gasteiger partial charge in [-0.2, -0.15) is 8.42 Å². The number of anilines is 1. The van der Waals surface area contributed by atoms with Gasteiger partial charge in [0.2, 0.25) is 5.75 Å². The molecule has 2 aromatic carbocycles. The van der Waals surface area contributed by atoms with Gasteiger partial charge in [0.1, 0.15) is 4.90 Å². The van der Waals surface area contributed by atoms with Gasteiger partial charge < -0.3 is 23.3 Å². The summed E-state index contributed by atoms with van der Waals surface area (Å²) >= 11 is 0. The van der Waals surface area contributed by atoms with Crippen molar-refractivity contribution in [3.8, 4) is 23.0 Å². The van der Waals surface area contributed by atoms with E-state index in [4.69, 9.17) is 18.4 Å². The van der Waals surface area contributed by atoms with Crippen molar-refractivity contribution >= 4 is 21.8 Å². The number of rotatable bonds is 11. The van der Waals surface area contributed by atoms with E-state index in [1.807, 2.05) is 4.90 Å². The minimum absolute atomic E-state index is 0.0195. The quantitative estimate of drug-likeness (QED) is 0.357. The third-order valence-corrected chi connectivity index (χ3v) is 6.67. The Hall–Kier alpha value is -3.14. The zero-order valence-corrected chi connectivity index (χ0v) is 20.2. The molecule has 0 aromatic heterocycles. The predicted molar refractivity (Wildman–Crippen MR) is 124 cm³/mol. The van der Waals surface area contributed by atoms with Gasteiger partial charge in [0, 0.05) is 37.5 Å². The first kappa shape index (κ1) is 24.5. The van der Waals surface area contributed by atoms with Crippen LogP contribution in [-0.2, 0) is 10.1 Å². The molecular weight excluding hydrogens is 448 g/mol. The number of hydrogen-bond acceptors (Lipinski definition) is 7. The summed E-state index contributed by atoms with van der Waals surface area (Å²) in [6.07, 6.45) is 3.16. The fourth-order valence-corrected chi connectivity index (χ4v) is 4.57. The van der Waals surface area contributed by atoms with E-state index in [9.17, 15) is 13.2 Å². The highest BCUT2D eigenvalue weighted by molar-refractivity contribution is 7.87. The molecule has 1 saturated heterocycles. The third-order valence-electron chi connectivity index (χ3n) is 5.41. The Kier molecular flexibility index (Phi) is 7.91. The first-order valence-electron chi connectivity index (χ1n) is 10.8. The average Bonchev–Trinajstić information content (AvgIpc) is 3.18. The predicted octanol–water partition coefficient (Wildman–Crippen LogP) is 3.91. The lowest BCUT2D eigenvalue weighted by Gasteiger charge is -2.19. The summed E-state index contributed by atoms with van der Waals surface area (Å²) < 4.78 is 46.7. The molecule has 2 aromatic rings. The zero-order chi connectivity index (χ0) is 24.0. The van der Waals surface area contributed by atoms with Crippen molar-refractivity contribution in [1.82, 2.24) is 4.90 Å². The van der Waals surface area contributed by atoms with Crippen LogP contribution in [0.15, 0.2) is 41.3 Å². The van der Waals surface area contributed by atoms with Crippen LogP contribution in [0, 0.1) is 0 Å². The number of hydrogen-bond donors (Lipinski definition) is 0. The maximum absolute atomic E-state index is 12.8. The topological polar surface area (TPSA) is 94.6 Å². The molecule has 1 aliphatic rings. The monoisotopic (exact) mass is 478 g/mol. The molecule has 0 N–H and O–H groups in total. The zero-order valence-electron chi connectivity index (χ0n) is 19.4. The molecule has 0 aliphatic carbocycles. The van der Waals surface area contributed by atoms with E-state index in [1.165, 1.54) is 45.6 Å². The van der Waals surface area contributed by atoms with E-state index >= 15 is 0 Å². The second kappa shape index (κ2) is 10.7. The second-order valence-electron chi connectivity index (χ2n) is 7.52. The van der Waals surface area contributed by atoms with Crippen LogP contribution in [0.25, 0.3) is 0 Å². The van der Waals surface area contributed by atoms with E-state index < -0.39 is 10.1 Å². The Morgan fingerprint density at radius 3 is 2.09 bits per heavy atom. The van der Waals surface area contributed by atoms with E-state index in [1.54, 1.807) is 17.0 Å². The van der Waals surface area contributed by atoms with Crippen molar-refractivity contribution in [3.63, 3.8) is 0 Å². The normalized spacial score (nSPS) is 13.9. The van der Waals surface area contributed by atoms with Crippen molar-refractivity contribution < 1.29 is 31.6 Å². The molecule has 0 bridgehead atoms. The minimum Gasteiger partial charge on any atom is -0.493 e. The van der Waals surface area contributed by atoms with Gasteiger partial charge in [-0.3, -0.25) is 4.90 Å². The molecule has 1 heterocycles. The number of carbonyl (C=O) groups is 1. The van der Waals surface area contributed by atoms with Gasteiger partial charge in [0.15, 0.2) is 17.2 Å². The van der Waals surface area contributed by atoms with Gasteiger partial charge in [0.05, 0.1) is 21.3 Å². The summed E-state index contributed by atoms with van der Waals surface area (Å²) in [5.74, 6) is 0.890. The first-order valence-corrected chi connectivity index (χ1v) is 12.2. The molecule has 2 amide bonds. The van der Waals surface area contributed by atoms with Crippen LogP contribution in [0.1, 0.15) is 26.2 Å². The lowest BCUT2D eigenvalue weighted by atomic mass is 10.2. The molecule has 1 fully saturated rings. The standard InChI is InChI=1S/C23H30N2O7S/c1-5-6-7-12-24-13-14-25(23(24)26)17-8-10-19(11-9-17)33(27,28)32-18-15-20(29-2)22(31-4)21(16-18)30-3/h8-11,15-16H,5-7,12-14H2,1-4H3. The molecule has 10 heteroatoms. The maximum atomic E-state index is 12.8. The summed E-state index contributed by atoms with van der Waals surface area (Å²) in [5.41, 5.74) is 0.643. The molecule has 0 spiro atoms. The maximum Gasteiger partial charge on any atom is 0.339 e. The fraction of sp³-hybridized carbons (Fsp3) is 0.435. The van der Waals surface area contributed by atoms with Gasteiger partial charge >= 0.3 is 16.1 Å². The average molecular weight is 479 g/mol. The summed E-state index contributed by atoms with van der Waals surface area (Å²) in [5, 5.41) is 0. The number of carbonyl (C=O) groups excluding carboxylic acids is 1. The van der Waals surface area contributed by atoms with Crippen LogP contribution >= 0.6 is 0 Å². The number of ether oxygens (including phenoxy) is 3. The van der Waals surface area contributed by atoms with Crippen molar-refractivity contribution in [2.75, 3.05) is 45.9 Å². The van der Waals surface area contributed by atoms with Crippen LogP contribution in [0.5, 0.6) is 23.0 Å². The molecule has 3 rings (SSSR count). The van der Waals surface area contributed by atoms with Crippen LogP contribution in [0.4, 0.5) is 10.5 Å². The summed E-state index contributed by atoms with van der Waals surface area (Å²) in [6, 6.07) is 8.82. The van der Waals surface area contributed by atoms with E-state index in [2.05, 4.69) is 6.92 Å². The SMILES string of the molecule is CCCCCN1CCN(c2ccc(S(=O)(=O)Oc3cc(OC)c(OC)c(OC)c3)cc2)C1=O. The van der Waals surface area contributed by atoms with Gasteiger partial charge in [-0.15, -0.1) is 0 Å². The highest BCUT2D eigenvalue weighted by Crippen LogP contribution is 2.41. The molecule has 180 valence electrons. The van der Waals surface area contributed by atoms with Crippen LogP contribution in [-0.4, -0.2) is 60.3 Å². The van der Waals surface area contributed by atoms with Gasteiger partial charge in [-0.1, -0.05) is 19.8 Å². The largest absolute Gasteiger partial charge is 0.493 e. The van der Waals surface area contributed by atoms with Crippen LogP contribution < -0.4 is 23.3 Å².